The van der Waals surface area contributed by atoms with Gasteiger partial charge in [0, 0.05) is 5.69 Å². The molecular formula is C12H17NO4S. The monoisotopic (exact) mass is 271 g/mol. The summed E-state index contributed by atoms with van der Waals surface area (Å²) in [6.45, 7) is 3.64. The summed E-state index contributed by atoms with van der Waals surface area (Å²) in [5, 5.41) is 8.67. The minimum Gasteiger partial charge on any atom is -0.481 e. The van der Waals surface area contributed by atoms with Crippen LogP contribution in [0.4, 0.5) is 5.69 Å². The molecule has 0 amide bonds. The van der Waals surface area contributed by atoms with Crippen LogP contribution in [-0.2, 0) is 21.2 Å². The van der Waals surface area contributed by atoms with E-state index in [1.807, 2.05) is 13.8 Å². The van der Waals surface area contributed by atoms with E-state index in [-0.39, 0.29) is 18.1 Å². The first-order valence-corrected chi connectivity index (χ1v) is 7.25. The summed E-state index contributed by atoms with van der Waals surface area (Å²) < 4.78 is 25.9. The number of sulfonamides is 1. The van der Waals surface area contributed by atoms with Crippen LogP contribution in [0.25, 0.3) is 0 Å². The molecule has 100 valence electrons. The molecule has 2 N–H and O–H groups in total. The Morgan fingerprint density at radius 2 is 2.06 bits per heavy atom. The maximum atomic E-state index is 11.7. The number of carboxylic acid groups (broad SMARTS) is 1. The highest BCUT2D eigenvalue weighted by Crippen LogP contribution is 2.14. The summed E-state index contributed by atoms with van der Waals surface area (Å²) in [4.78, 5) is 10.6. The number of rotatable bonds is 6. The Labute approximate surface area is 107 Å². The molecule has 0 unspecified atom stereocenters. The molecule has 0 aliphatic carbocycles. The van der Waals surface area contributed by atoms with Crippen LogP contribution >= 0.6 is 0 Å². The summed E-state index contributed by atoms with van der Waals surface area (Å²) in [5.74, 6) is -0.877. The number of carbonyl (C=O) groups is 1. The van der Waals surface area contributed by atoms with Gasteiger partial charge in [0.15, 0.2) is 0 Å². The average Bonchev–Trinajstić information content (AvgIpc) is 2.13. The van der Waals surface area contributed by atoms with Gasteiger partial charge in [-0.3, -0.25) is 9.52 Å². The number of anilines is 1. The zero-order valence-corrected chi connectivity index (χ0v) is 11.2. The standard InChI is InChI=1S/C12H17NO4S/c1-9(2)8-18(16,17)13-11-5-3-4-10(6-11)7-12(14)15/h3-6,9,13H,7-8H2,1-2H3,(H,14,15). The van der Waals surface area contributed by atoms with Crippen LogP contribution in [0.2, 0.25) is 0 Å². The molecule has 0 aliphatic heterocycles. The van der Waals surface area contributed by atoms with Crippen molar-refractivity contribution in [1.82, 2.24) is 0 Å². The molecular weight excluding hydrogens is 254 g/mol. The zero-order valence-electron chi connectivity index (χ0n) is 10.4. The van der Waals surface area contributed by atoms with Crippen molar-refractivity contribution in [3.05, 3.63) is 29.8 Å². The third-order valence-corrected chi connectivity index (χ3v) is 3.76. The fraction of sp³-hybridized carbons (Fsp3) is 0.417. The van der Waals surface area contributed by atoms with Crippen molar-refractivity contribution in [3.63, 3.8) is 0 Å². The van der Waals surface area contributed by atoms with Crippen molar-refractivity contribution >= 4 is 21.7 Å². The Morgan fingerprint density at radius 3 is 2.61 bits per heavy atom. The molecule has 0 saturated heterocycles. The first-order chi connectivity index (χ1) is 8.28. The minimum atomic E-state index is -3.38. The first-order valence-electron chi connectivity index (χ1n) is 5.60. The van der Waals surface area contributed by atoms with E-state index in [1.54, 1.807) is 18.2 Å². The van der Waals surface area contributed by atoms with Crippen molar-refractivity contribution < 1.29 is 18.3 Å². The van der Waals surface area contributed by atoms with Crippen molar-refractivity contribution in [2.45, 2.75) is 20.3 Å². The Hall–Kier alpha value is -1.56. The SMILES string of the molecule is CC(C)CS(=O)(=O)Nc1cccc(CC(=O)O)c1. The molecule has 0 radical (unpaired) electrons. The molecule has 0 heterocycles. The Kier molecular flexibility index (Phi) is 4.72. The summed E-state index contributed by atoms with van der Waals surface area (Å²) in [6.07, 6.45) is -0.125. The molecule has 18 heavy (non-hydrogen) atoms. The maximum absolute atomic E-state index is 11.7. The minimum absolute atomic E-state index is 0.0321. The van der Waals surface area contributed by atoms with Crippen LogP contribution in [0, 0.1) is 5.92 Å². The van der Waals surface area contributed by atoms with Gasteiger partial charge >= 0.3 is 5.97 Å². The van der Waals surface area contributed by atoms with Crippen molar-refractivity contribution in [2.24, 2.45) is 5.92 Å². The van der Waals surface area contributed by atoms with Gasteiger partial charge in [0.1, 0.15) is 0 Å². The van der Waals surface area contributed by atoms with Crippen LogP contribution < -0.4 is 4.72 Å². The number of aliphatic carboxylic acids is 1. The molecule has 0 atom stereocenters. The lowest BCUT2D eigenvalue weighted by molar-refractivity contribution is -0.136. The zero-order chi connectivity index (χ0) is 13.8. The van der Waals surface area contributed by atoms with E-state index < -0.39 is 16.0 Å². The van der Waals surface area contributed by atoms with Crippen molar-refractivity contribution in [2.75, 3.05) is 10.5 Å². The number of hydrogen-bond donors (Lipinski definition) is 2. The van der Waals surface area contributed by atoms with Gasteiger partial charge in [-0.25, -0.2) is 8.42 Å². The maximum Gasteiger partial charge on any atom is 0.307 e. The van der Waals surface area contributed by atoms with Gasteiger partial charge < -0.3 is 5.11 Å². The lowest BCUT2D eigenvalue weighted by Crippen LogP contribution is -2.20. The summed E-state index contributed by atoms with van der Waals surface area (Å²) >= 11 is 0. The lowest BCUT2D eigenvalue weighted by atomic mass is 10.1. The van der Waals surface area contributed by atoms with E-state index in [9.17, 15) is 13.2 Å². The second kappa shape index (κ2) is 5.86. The van der Waals surface area contributed by atoms with Crippen LogP contribution in [0.5, 0.6) is 0 Å². The van der Waals surface area contributed by atoms with Crippen LogP contribution in [0.3, 0.4) is 0 Å². The molecule has 1 aromatic rings. The quantitative estimate of drug-likeness (QED) is 0.825. The summed E-state index contributed by atoms with van der Waals surface area (Å²) in [6, 6.07) is 6.41. The van der Waals surface area contributed by atoms with Gasteiger partial charge in [-0.05, 0) is 23.6 Å². The van der Waals surface area contributed by atoms with E-state index in [0.29, 0.717) is 11.3 Å². The predicted molar refractivity (Wildman–Crippen MR) is 70.0 cm³/mol. The van der Waals surface area contributed by atoms with E-state index >= 15 is 0 Å². The predicted octanol–water partition coefficient (Wildman–Crippen LogP) is 1.71. The fourth-order valence-corrected chi connectivity index (χ4v) is 3.03. The number of nitrogens with one attached hydrogen (secondary N) is 1. The normalized spacial score (nSPS) is 11.5. The molecule has 0 aliphatic rings. The number of carboxylic acids is 1. The smallest absolute Gasteiger partial charge is 0.307 e. The average molecular weight is 271 g/mol. The second-order valence-electron chi connectivity index (χ2n) is 4.55. The van der Waals surface area contributed by atoms with Gasteiger partial charge in [-0.2, -0.15) is 0 Å². The highest BCUT2D eigenvalue weighted by molar-refractivity contribution is 7.92. The van der Waals surface area contributed by atoms with E-state index in [4.69, 9.17) is 5.11 Å². The molecule has 0 bridgehead atoms. The molecule has 1 aromatic carbocycles. The number of benzene rings is 1. The molecule has 0 fully saturated rings. The van der Waals surface area contributed by atoms with Gasteiger partial charge in [0.2, 0.25) is 10.0 Å². The highest BCUT2D eigenvalue weighted by atomic mass is 32.2. The first kappa shape index (κ1) is 14.5. The number of hydrogen-bond acceptors (Lipinski definition) is 3. The summed E-state index contributed by atoms with van der Waals surface area (Å²) in [5.41, 5.74) is 0.960. The largest absolute Gasteiger partial charge is 0.481 e. The molecule has 0 aromatic heterocycles. The van der Waals surface area contributed by atoms with Crippen LogP contribution in [0.1, 0.15) is 19.4 Å². The van der Waals surface area contributed by atoms with Crippen molar-refractivity contribution in [1.29, 1.82) is 0 Å². The van der Waals surface area contributed by atoms with Gasteiger partial charge in [-0.15, -0.1) is 0 Å². The third kappa shape index (κ3) is 5.18. The molecule has 1 rings (SSSR count). The van der Waals surface area contributed by atoms with Gasteiger partial charge in [0.25, 0.3) is 0 Å². The third-order valence-electron chi connectivity index (χ3n) is 2.11. The van der Waals surface area contributed by atoms with Gasteiger partial charge in [0.05, 0.1) is 12.2 Å². The highest BCUT2D eigenvalue weighted by Gasteiger charge is 2.13. The van der Waals surface area contributed by atoms with Crippen molar-refractivity contribution in [3.8, 4) is 0 Å². The fourth-order valence-electron chi connectivity index (χ4n) is 1.58. The van der Waals surface area contributed by atoms with E-state index in [2.05, 4.69) is 4.72 Å². The molecule has 5 nitrogen and oxygen atoms in total. The Bertz CT molecular complexity index is 523. The molecule has 0 spiro atoms. The second-order valence-corrected chi connectivity index (χ2v) is 6.32. The molecule has 0 saturated carbocycles. The summed E-state index contributed by atoms with van der Waals surface area (Å²) in [7, 11) is -3.38. The van der Waals surface area contributed by atoms with Crippen LogP contribution in [-0.4, -0.2) is 25.2 Å². The topological polar surface area (TPSA) is 83.5 Å². The van der Waals surface area contributed by atoms with E-state index in [1.165, 1.54) is 6.07 Å². The molecule has 6 heteroatoms. The van der Waals surface area contributed by atoms with E-state index in [0.717, 1.165) is 0 Å². The van der Waals surface area contributed by atoms with Gasteiger partial charge in [-0.1, -0.05) is 26.0 Å². The van der Waals surface area contributed by atoms with Crippen LogP contribution in [0.15, 0.2) is 24.3 Å². The Balaban J connectivity index is 2.82. The lowest BCUT2D eigenvalue weighted by Gasteiger charge is -2.10. The Morgan fingerprint density at radius 1 is 1.39 bits per heavy atom.